The van der Waals surface area contributed by atoms with Crippen molar-refractivity contribution in [2.24, 2.45) is 0 Å². The number of likely N-dealkylation sites (N-methyl/N-ethyl adjacent to an activating group) is 1. The summed E-state index contributed by atoms with van der Waals surface area (Å²) in [7, 11) is 2.25. The van der Waals surface area contributed by atoms with Crippen LogP contribution in [-0.4, -0.2) is 50.2 Å². The van der Waals surface area contributed by atoms with Crippen molar-refractivity contribution in [3.05, 3.63) is 0 Å². The fourth-order valence-corrected chi connectivity index (χ4v) is 2.76. The molecule has 2 N–H and O–H groups in total. The van der Waals surface area contributed by atoms with E-state index in [1.54, 1.807) is 0 Å². The van der Waals surface area contributed by atoms with Gasteiger partial charge in [-0.05, 0) is 45.8 Å². The molecule has 2 heterocycles. The second-order valence-corrected chi connectivity index (χ2v) is 5.08. The SMILES string of the molecule is CN1CCCC1CNCC1CCCCN1. The van der Waals surface area contributed by atoms with Crippen LogP contribution in [0.5, 0.6) is 0 Å². The second kappa shape index (κ2) is 5.83. The van der Waals surface area contributed by atoms with Gasteiger partial charge in [0.2, 0.25) is 0 Å². The van der Waals surface area contributed by atoms with Crippen molar-refractivity contribution in [2.45, 2.75) is 44.2 Å². The highest BCUT2D eigenvalue weighted by Crippen LogP contribution is 2.13. The lowest BCUT2D eigenvalue weighted by atomic mass is 10.1. The maximum absolute atomic E-state index is 3.62. The Kier molecular flexibility index (Phi) is 4.42. The molecule has 0 amide bonds. The van der Waals surface area contributed by atoms with Crippen LogP contribution in [0, 0.1) is 0 Å². The third kappa shape index (κ3) is 3.44. The summed E-state index contributed by atoms with van der Waals surface area (Å²) < 4.78 is 0. The number of likely N-dealkylation sites (tertiary alicyclic amines) is 1. The lowest BCUT2D eigenvalue weighted by molar-refractivity contribution is 0.291. The molecule has 2 aliphatic rings. The van der Waals surface area contributed by atoms with Crippen molar-refractivity contribution in [1.29, 1.82) is 0 Å². The first-order chi connectivity index (χ1) is 7.36. The molecule has 2 aliphatic heterocycles. The molecule has 0 spiro atoms. The highest BCUT2D eigenvalue weighted by atomic mass is 15.2. The summed E-state index contributed by atoms with van der Waals surface area (Å²) in [5.74, 6) is 0. The summed E-state index contributed by atoms with van der Waals surface area (Å²) >= 11 is 0. The molecule has 0 aromatic rings. The highest BCUT2D eigenvalue weighted by molar-refractivity contribution is 4.80. The molecule has 88 valence electrons. The first-order valence-electron chi connectivity index (χ1n) is 6.50. The fraction of sp³-hybridized carbons (Fsp3) is 1.00. The molecule has 2 fully saturated rings. The van der Waals surface area contributed by atoms with Gasteiger partial charge >= 0.3 is 0 Å². The van der Waals surface area contributed by atoms with Gasteiger partial charge in [0.15, 0.2) is 0 Å². The number of hydrogen-bond donors (Lipinski definition) is 2. The van der Waals surface area contributed by atoms with Gasteiger partial charge in [0, 0.05) is 25.2 Å². The van der Waals surface area contributed by atoms with Crippen LogP contribution in [0.2, 0.25) is 0 Å². The van der Waals surface area contributed by atoms with Gasteiger partial charge in [-0.25, -0.2) is 0 Å². The smallest absolute Gasteiger partial charge is 0.0218 e. The van der Waals surface area contributed by atoms with E-state index < -0.39 is 0 Å². The zero-order chi connectivity index (χ0) is 10.5. The van der Waals surface area contributed by atoms with Gasteiger partial charge in [0.05, 0.1) is 0 Å². The quantitative estimate of drug-likeness (QED) is 0.721. The average molecular weight is 211 g/mol. The first-order valence-corrected chi connectivity index (χ1v) is 6.50. The number of nitrogens with one attached hydrogen (secondary N) is 2. The lowest BCUT2D eigenvalue weighted by Gasteiger charge is -2.25. The minimum absolute atomic E-state index is 0.727. The topological polar surface area (TPSA) is 27.3 Å². The van der Waals surface area contributed by atoms with Crippen molar-refractivity contribution in [2.75, 3.05) is 33.2 Å². The van der Waals surface area contributed by atoms with Gasteiger partial charge in [-0.1, -0.05) is 6.42 Å². The van der Waals surface area contributed by atoms with Crippen LogP contribution in [-0.2, 0) is 0 Å². The van der Waals surface area contributed by atoms with Crippen molar-refractivity contribution in [3.63, 3.8) is 0 Å². The highest BCUT2D eigenvalue weighted by Gasteiger charge is 2.20. The van der Waals surface area contributed by atoms with Crippen molar-refractivity contribution in [1.82, 2.24) is 15.5 Å². The molecule has 3 nitrogen and oxygen atoms in total. The fourth-order valence-electron chi connectivity index (χ4n) is 2.76. The largest absolute Gasteiger partial charge is 0.314 e. The average Bonchev–Trinajstić information content (AvgIpc) is 2.66. The van der Waals surface area contributed by atoms with Crippen LogP contribution in [0.1, 0.15) is 32.1 Å². The van der Waals surface area contributed by atoms with Gasteiger partial charge in [-0.3, -0.25) is 0 Å². The molecule has 2 unspecified atom stereocenters. The Bertz CT molecular complexity index is 178. The van der Waals surface area contributed by atoms with E-state index in [1.807, 2.05) is 0 Å². The number of hydrogen-bond acceptors (Lipinski definition) is 3. The standard InChI is InChI=1S/C12H25N3/c1-15-8-4-6-12(15)10-13-9-11-5-2-3-7-14-11/h11-14H,2-10H2,1H3. The summed E-state index contributed by atoms with van der Waals surface area (Å²) in [5, 5.41) is 7.20. The summed E-state index contributed by atoms with van der Waals surface area (Å²) in [6.45, 7) is 4.84. The van der Waals surface area contributed by atoms with E-state index in [0.29, 0.717) is 0 Å². The molecule has 0 aliphatic carbocycles. The van der Waals surface area contributed by atoms with E-state index in [-0.39, 0.29) is 0 Å². The van der Waals surface area contributed by atoms with Gasteiger partial charge in [0.25, 0.3) is 0 Å². The van der Waals surface area contributed by atoms with E-state index >= 15 is 0 Å². The minimum atomic E-state index is 0.727. The summed E-state index contributed by atoms with van der Waals surface area (Å²) in [5.41, 5.74) is 0. The van der Waals surface area contributed by atoms with Gasteiger partial charge < -0.3 is 15.5 Å². The predicted octanol–water partition coefficient (Wildman–Crippen LogP) is 0.812. The van der Waals surface area contributed by atoms with Crippen LogP contribution in [0.4, 0.5) is 0 Å². The summed E-state index contributed by atoms with van der Waals surface area (Å²) in [6.07, 6.45) is 6.88. The second-order valence-electron chi connectivity index (χ2n) is 5.08. The van der Waals surface area contributed by atoms with E-state index in [9.17, 15) is 0 Å². The number of nitrogens with zero attached hydrogens (tertiary/aromatic N) is 1. The Labute approximate surface area is 93.6 Å². The Morgan fingerprint density at radius 1 is 1.20 bits per heavy atom. The van der Waals surface area contributed by atoms with Crippen molar-refractivity contribution in [3.8, 4) is 0 Å². The van der Waals surface area contributed by atoms with Gasteiger partial charge in [0.1, 0.15) is 0 Å². The van der Waals surface area contributed by atoms with E-state index in [1.165, 1.54) is 51.7 Å². The van der Waals surface area contributed by atoms with Gasteiger partial charge in [-0.15, -0.1) is 0 Å². The van der Waals surface area contributed by atoms with Gasteiger partial charge in [-0.2, -0.15) is 0 Å². The van der Waals surface area contributed by atoms with Crippen molar-refractivity contribution >= 4 is 0 Å². The molecular weight excluding hydrogens is 186 g/mol. The number of rotatable bonds is 4. The monoisotopic (exact) mass is 211 g/mol. The molecule has 3 heteroatoms. The lowest BCUT2D eigenvalue weighted by Crippen LogP contribution is -2.44. The molecular formula is C12H25N3. The molecule has 0 aromatic carbocycles. The Morgan fingerprint density at radius 3 is 2.80 bits per heavy atom. The van der Waals surface area contributed by atoms with Crippen LogP contribution in [0.15, 0.2) is 0 Å². The molecule has 0 aromatic heterocycles. The predicted molar refractivity (Wildman–Crippen MR) is 64.2 cm³/mol. The van der Waals surface area contributed by atoms with Crippen LogP contribution in [0.3, 0.4) is 0 Å². The summed E-state index contributed by atoms with van der Waals surface area (Å²) in [4.78, 5) is 2.49. The maximum atomic E-state index is 3.62. The zero-order valence-corrected chi connectivity index (χ0v) is 9.97. The third-order valence-corrected chi connectivity index (χ3v) is 3.85. The van der Waals surface area contributed by atoms with Crippen LogP contribution < -0.4 is 10.6 Å². The normalized spacial score (nSPS) is 33.4. The van der Waals surface area contributed by atoms with E-state index in [4.69, 9.17) is 0 Å². The van der Waals surface area contributed by atoms with E-state index in [2.05, 4.69) is 22.6 Å². The zero-order valence-electron chi connectivity index (χ0n) is 9.97. The third-order valence-electron chi connectivity index (χ3n) is 3.85. The Hall–Kier alpha value is -0.120. The van der Waals surface area contributed by atoms with Crippen molar-refractivity contribution < 1.29 is 0 Å². The first kappa shape index (κ1) is 11.4. The molecule has 0 bridgehead atoms. The number of piperidine rings is 1. The molecule has 0 radical (unpaired) electrons. The molecule has 0 saturated carbocycles. The van der Waals surface area contributed by atoms with Crippen LogP contribution >= 0.6 is 0 Å². The Morgan fingerprint density at radius 2 is 2.13 bits per heavy atom. The Balaban J connectivity index is 1.57. The maximum Gasteiger partial charge on any atom is 0.0218 e. The van der Waals surface area contributed by atoms with Crippen LogP contribution in [0.25, 0.3) is 0 Å². The molecule has 2 atom stereocenters. The molecule has 2 rings (SSSR count). The van der Waals surface area contributed by atoms with E-state index in [0.717, 1.165) is 18.6 Å². The molecule has 15 heavy (non-hydrogen) atoms. The molecule has 2 saturated heterocycles. The minimum Gasteiger partial charge on any atom is -0.314 e. The summed E-state index contributed by atoms with van der Waals surface area (Å²) in [6, 6.07) is 1.51.